The van der Waals surface area contributed by atoms with Gasteiger partial charge in [-0.2, -0.15) is 0 Å². The van der Waals surface area contributed by atoms with E-state index in [1.165, 1.54) is 11.3 Å². The Hall–Kier alpha value is -3.14. The second kappa shape index (κ2) is 9.72. The number of nitrogens with one attached hydrogen (secondary N) is 2. The maximum absolute atomic E-state index is 11.7. The largest absolute Gasteiger partial charge is 0.465 e. The number of carbonyl (C=O) groups is 1. The van der Waals surface area contributed by atoms with E-state index in [4.69, 9.17) is 11.6 Å². The minimum absolute atomic E-state index is 0.0624. The highest BCUT2D eigenvalue weighted by molar-refractivity contribution is 7.15. The second-order valence-electron chi connectivity index (χ2n) is 10.2. The highest BCUT2D eigenvalue weighted by Crippen LogP contribution is 2.34. The SMILES string of the molecule is CC(C)(C)C1CN(Cc2ccnc(Nc3nc4ccc(-c5ccsc5Cl)cc4[nH]3)c2)CCN1C(=O)O. The molecular formula is C26H29ClN6O2S. The number of hydrogen-bond donors (Lipinski definition) is 3. The van der Waals surface area contributed by atoms with Crippen LogP contribution in [0.1, 0.15) is 26.3 Å². The molecule has 1 atom stereocenters. The number of halogens is 1. The Balaban J connectivity index is 1.29. The van der Waals surface area contributed by atoms with Crippen LogP contribution in [0.5, 0.6) is 0 Å². The number of anilines is 2. The third kappa shape index (κ3) is 5.18. The van der Waals surface area contributed by atoms with E-state index >= 15 is 0 Å². The number of amides is 1. The van der Waals surface area contributed by atoms with Crippen LogP contribution in [-0.4, -0.2) is 61.6 Å². The van der Waals surface area contributed by atoms with Crippen molar-refractivity contribution >= 4 is 51.8 Å². The van der Waals surface area contributed by atoms with Gasteiger partial charge in [-0.05, 0) is 52.3 Å². The number of fused-ring (bicyclic) bond motifs is 1. The van der Waals surface area contributed by atoms with Gasteiger partial charge >= 0.3 is 6.09 Å². The molecule has 8 nitrogen and oxygen atoms in total. The molecule has 1 aliphatic heterocycles. The summed E-state index contributed by atoms with van der Waals surface area (Å²) < 4.78 is 0.770. The van der Waals surface area contributed by atoms with Gasteiger partial charge in [0.1, 0.15) is 10.2 Å². The molecular weight excluding hydrogens is 496 g/mol. The number of nitrogens with zero attached hydrogens (tertiary/aromatic N) is 4. The standard InChI is InChI=1S/C26H29ClN6O2S/c1-26(2,3)21-15-32(9-10-33(21)25(34)35)14-16-6-8-28-22(12-16)31-24-29-19-5-4-17(13-20(19)30-24)18-7-11-36-23(18)27/h4-8,11-13,21H,9-10,14-15H2,1-3H3,(H,34,35)(H2,28,29,30,31). The van der Waals surface area contributed by atoms with Crippen LogP contribution in [0, 0.1) is 5.41 Å². The lowest BCUT2D eigenvalue weighted by Crippen LogP contribution is -2.59. The number of thiophene rings is 1. The van der Waals surface area contributed by atoms with Gasteiger partial charge in [-0.15, -0.1) is 11.3 Å². The molecule has 1 aliphatic rings. The molecule has 4 heterocycles. The molecule has 0 bridgehead atoms. The van der Waals surface area contributed by atoms with Gasteiger partial charge in [-0.25, -0.2) is 14.8 Å². The Morgan fingerprint density at radius 1 is 1.25 bits per heavy atom. The van der Waals surface area contributed by atoms with Gasteiger partial charge in [0.25, 0.3) is 0 Å². The average Bonchev–Trinajstić information content (AvgIpc) is 3.43. The number of H-pyrrole nitrogens is 1. The number of imidazole rings is 1. The molecule has 0 radical (unpaired) electrons. The molecule has 1 fully saturated rings. The van der Waals surface area contributed by atoms with E-state index in [0.29, 0.717) is 31.4 Å². The molecule has 188 valence electrons. The topological polar surface area (TPSA) is 97.4 Å². The van der Waals surface area contributed by atoms with Crippen LogP contribution in [-0.2, 0) is 6.54 Å². The number of benzene rings is 1. The summed E-state index contributed by atoms with van der Waals surface area (Å²) in [6.45, 7) is 8.91. The lowest BCUT2D eigenvalue weighted by Gasteiger charge is -2.46. The van der Waals surface area contributed by atoms with Gasteiger partial charge < -0.3 is 20.3 Å². The zero-order chi connectivity index (χ0) is 25.4. The Morgan fingerprint density at radius 2 is 2.08 bits per heavy atom. The van der Waals surface area contributed by atoms with Crippen molar-refractivity contribution < 1.29 is 9.90 Å². The summed E-state index contributed by atoms with van der Waals surface area (Å²) >= 11 is 7.83. The van der Waals surface area contributed by atoms with Crippen molar-refractivity contribution in [2.45, 2.75) is 33.4 Å². The molecule has 0 saturated carbocycles. The van der Waals surface area contributed by atoms with Crippen molar-refractivity contribution in [2.75, 3.05) is 25.0 Å². The third-order valence-electron chi connectivity index (χ3n) is 6.60. The van der Waals surface area contributed by atoms with Crippen molar-refractivity contribution in [2.24, 2.45) is 5.41 Å². The highest BCUT2D eigenvalue weighted by Gasteiger charge is 2.37. The van der Waals surface area contributed by atoms with Crippen LogP contribution >= 0.6 is 22.9 Å². The number of hydrogen-bond acceptors (Lipinski definition) is 6. The van der Waals surface area contributed by atoms with E-state index in [1.807, 2.05) is 41.8 Å². The van der Waals surface area contributed by atoms with E-state index in [-0.39, 0.29) is 11.5 Å². The first-order chi connectivity index (χ1) is 17.2. The Morgan fingerprint density at radius 3 is 2.81 bits per heavy atom. The third-order valence-corrected chi connectivity index (χ3v) is 7.77. The number of aromatic nitrogens is 3. The van der Waals surface area contributed by atoms with Crippen molar-refractivity contribution in [3.63, 3.8) is 0 Å². The number of aromatic amines is 1. The average molecular weight is 525 g/mol. The molecule has 36 heavy (non-hydrogen) atoms. The van der Waals surface area contributed by atoms with Crippen LogP contribution in [0.4, 0.5) is 16.6 Å². The Labute approximate surface area is 218 Å². The zero-order valence-corrected chi connectivity index (χ0v) is 22.0. The lowest BCUT2D eigenvalue weighted by molar-refractivity contribution is 0.0190. The molecule has 1 unspecified atom stereocenters. The van der Waals surface area contributed by atoms with Crippen LogP contribution < -0.4 is 5.32 Å². The highest BCUT2D eigenvalue weighted by atomic mass is 35.5. The summed E-state index contributed by atoms with van der Waals surface area (Å²) in [5.74, 6) is 1.32. The normalized spacial score (nSPS) is 17.0. The van der Waals surface area contributed by atoms with Crippen molar-refractivity contribution in [3.8, 4) is 11.1 Å². The summed E-state index contributed by atoms with van der Waals surface area (Å²) in [6, 6.07) is 12.0. The van der Waals surface area contributed by atoms with E-state index < -0.39 is 6.09 Å². The fourth-order valence-electron chi connectivity index (χ4n) is 4.71. The van der Waals surface area contributed by atoms with Crippen molar-refractivity contribution in [1.82, 2.24) is 24.8 Å². The van der Waals surface area contributed by atoms with Gasteiger partial charge in [0.2, 0.25) is 5.95 Å². The molecule has 1 saturated heterocycles. The predicted octanol–water partition coefficient (Wildman–Crippen LogP) is 6.29. The fraction of sp³-hybridized carbons (Fsp3) is 0.346. The molecule has 3 aromatic heterocycles. The first-order valence-electron chi connectivity index (χ1n) is 11.8. The van der Waals surface area contributed by atoms with E-state index in [0.717, 1.165) is 38.6 Å². The van der Waals surface area contributed by atoms with Crippen LogP contribution in [0.25, 0.3) is 22.2 Å². The minimum Gasteiger partial charge on any atom is -0.465 e. The first kappa shape index (κ1) is 24.5. The van der Waals surface area contributed by atoms with Crippen LogP contribution in [0.15, 0.2) is 48.0 Å². The summed E-state index contributed by atoms with van der Waals surface area (Å²) in [7, 11) is 0. The second-order valence-corrected chi connectivity index (χ2v) is 11.7. The maximum atomic E-state index is 11.7. The van der Waals surface area contributed by atoms with Crippen LogP contribution in [0.2, 0.25) is 4.34 Å². The number of pyridine rings is 1. The number of carboxylic acid groups (broad SMARTS) is 1. The molecule has 4 aromatic rings. The molecule has 1 amide bonds. The molecule has 1 aromatic carbocycles. The van der Waals surface area contributed by atoms with Gasteiger partial charge in [0.05, 0.1) is 17.1 Å². The van der Waals surface area contributed by atoms with E-state index in [9.17, 15) is 9.90 Å². The van der Waals surface area contributed by atoms with Gasteiger partial charge in [0.15, 0.2) is 0 Å². The smallest absolute Gasteiger partial charge is 0.407 e. The molecule has 0 aliphatic carbocycles. The Bertz CT molecular complexity index is 1390. The van der Waals surface area contributed by atoms with Crippen LogP contribution in [0.3, 0.4) is 0 Å². The molecule has 3 N–H and O–H groups in total. The maximum Gasteiger partial charge on any atom is 0.407 e. The summed E-state index contributed by atoms with van der Waals surface area (Å²) in [5, 5.41) is 14.9. The summed E-state index contributed by atoms with van der Waals surface area (Å²) in [4.78, 5) is 28.1. The Kier molecular flexibility index (Phi) is 6.63. The quantitative estimate of drug-likeness (QED) is 0.284. The number of piperazine rings is 1. The van der Waals surface area contributed by atoms with Gasteiger partial charge in [0, 0.05) is 37.9 Å². The lowest BCUT2D eigenvalue weighted by atomic mass is 9.84. The molecule has 0 spiro atoms. The summed E-state index contributed by atoms with van der Waals surface area (Å²) in [5.41, 5.74) is 4.79. The van der Waals surface area contributed by atoms with Gasteiger partial charge in [-0.1, -0.05) is 38.4 Å². The van der Waals surface area contributed by atoms with Crippen molar-refractivity contribution in [1.29, 1.82) is 0 Å². The predicted molar refractivity (Wildman–Crippen MR) is 145 cm³/mol. The minimum atomic E-state index is -0.846. The zero-order valence-electron chi connectivity index (χ0n) is 20.5. The van der Waals surface area contributed by atoms with Gasteiger partial charge in [-0.3, -0.25) is 4.90 Å². The first-order valence-corrected chi connectivity index (χ1v) is 13.1. The monoisotopic (exact) mass is 524 g/mol. The molecule has 10 heteroatoms. The van der Waals surface area contributed by atoms with E-state index in [1.54, 1.807) is 11.1 Å². The molecule has 5 rings (SSSR count). The van der Waals surface area contributed by atoms with Crippen molar-refractivity contribution in [3.05, 3.63) is 57.9 Å². The summed E-state index contributed by atoms with van der Waals surface area (Å²) in [6.07, 6.45) is 0.937. The fourth-order valence-corrected chi connectivity index (χ4v) is 5.67. The van der Waals surface area contributed by atoms with E-state index in [2.05, 4.69) is 45.9 Å². The number of rotatable bonds is 5.